The van der Waals surface area contributed by atoms with Gasteiger partial charge in [0.15, 0.2) is 0 Å². The predicted molar refractivity (Wildman–Crippen MR) is 66.1 cm³/mol. The number of rotatable bonds is 3. The molecule has 0 nitrogen and oxygen atoms in total. The van der Waals surface area contributed by atoms with Crippen LogP contribution in [0.5, 0.6) is 0 Å². The lowest BCUT2D eigenvalue weighted by Crippen LogP contribution is -2.02. The zero-order valence-electron chi connectivity index (χ0n) is 9.81. The van der Waals surface area contributed by atoms with Gasteiger partial charge in [0.05, 0.1) is 11.1 Å². The lowest BCUT2D eigenvalue weighted by atomic mass is 10.2. The summed E-state index contributed by atoms with van der Waals surface area (Å²) in [5.74, 6) is 0. The van der Waals surface area contributed by atoms with E-state index in [0.29, 0.717) is 22.6 Å². The summed E-state index contributed by atoms with van der Waals surface area (Å²) in [7, 11) is 0. The number of alkyl halides is 6. The highest BCUT2D eigenvalue weighted by atomic mass is 32.1. The van der Waals surface area contributed by atoms with Gasteiger partial charge in [-0.3, -0.25) is 0 Å². The molecule has 0 unspecified atom stereocenters. The molecule has 0 radical (unpaired) electrons. The first kappa shape index (κ1) is 15.4. The van der Waals surface area contributed by atoms with E-state index < -0.39 is 23.5 Å². The molecule has 0 spiro atoms. The molecule has 0 atom stereocenters. The summed E-state index contributed by atoms with van der Waals surface area (Å²) in [6.45, 7) is 0. The monoisotopic (exact) mass is 330 g/mol. The fourth-order valence-corrected chi connectivity index (χ4v) is 3.36. The Hall–Kier alpha value is -1.02. The van der Waals surface area contributed by atoms with Crippen molar-refractivity contribution in [3.05, 3.63) is 43.8 Å². The minimum Gasteiger partial charge on any atom is -0.166 e. The van der Waals surface area contributed by atoms with Gasteiger partial charge in [0, 0.05) is 20.5 Å². The van der Waals surface area contributed by atoms with E-state index in [2.05, 4.69) is 0 Å². The van der Waals surface area contributed by atoms with Crippen LogP contribution in [0, 0.1) is 0 Å². The Bertz CT molecular complexity index is 523. The molecule has 2 heterocycles. The highest BCUT2D eigenvalue weighted by Gasteiger charge is 2.32. The first-order valence-electron chi connectivity index (χ1n) is 5.45. The van der Waals surface area contributed by atoms with Crippen LogP contribution in [-0.4, -0.2) is 0 Å². The molecule has 0 amide bonds. The molecule has 20 heavy (non-hydrogen) atoms. The summed E-state index contributed by atoms with van der Waals surface area (Å²) in [6.07, 6.45) is -8.14. The van der Waals surface area contributed by atoms with Crippen LogP contribution in [0.15, 0.2) is 22.9 Å². The van der Waals surface area contributed by atoms with Crippen molar-refractivity contribution >= 4 is 22.7 Å². The largest absolute Gasteiger partial charge is 0.417 e. The number of thiophene rings is 2. The van der Waals surface area contributed by atoms with Gasteiger partial charge in [0.2, 0.25) is 0 Å². The van der Waals surface area contributed by atoms with Gasteiger partial charge in [-0.15, -0.1) is 22.7 Å². The highest BCUT2D eigenvalue weighted by Crippen LogP contribution is 2.35. The standard InChI is InChI=1S/C12H8F6S2/c13-11(14,15)7-3-9(19-5-7)1-2-10-4-8(6-20-10)12(16,17)18/h3-6H,1-2H2. The SMILES string of the molecule is FC(F)(F)c1csc(CCc2cc(C(F)(F)F)cs2)c1. The summed E-state index contributed by atoms with van der Waals surface area (Å²) >= 11 is 1.94. The second-order valence-electron chi connectivity index (χ2n) is 4.10. The normalized spacial score (nSPS) is 12.9. The third-order valence-electron chi connectivity index (χ3n) is 2.58. The smallest absolute Gasteiger partial charge is 0.166 e. The minimum atomic E-state index is -4.37. The van der Waals surface area contributed by atoms with Gasteiger partial charge in [-0.2, -0.15) is 26.3 Å². The van der Waals surface area contributed by atoms with Crippen molar-refractivity contribution in [1.82, 2.24) is 0 Å². The second kappa shape index (κ2) is 5.40. The van der Waals surface area contributed by atoms with Gasteiger partial charge in [0.25, 0.3) is 0 Å². The molecule has 0 saturated heterocycles. The van der Waals surface area contributed by atoms with Crippen LogP contribution in [0.1, 0.15) is 20.9 Å². The lowest BCUT2D eigenvalue weighted by Gasteiger charge is -2.01. The summed E-state index contributed by atoms with van der Waals surface area (Å²) in [5, 5.41) is 2.04. The molecule has 2 aromatic rings. The number of hydrogen-bond acceptors (Lipinski definition) is 2. The first-order valence-corrected chi connectivity index (χ1v) is 7.21. The molecule has 0 aromatic carbocycles. The molecule has 0 saturated carbocycles. The third-order valence-corrected chi connectivity index (χ3v) is 4.57. The van der Waals surface area contributed by atoms with Crippen molar-refractivity contribution in [2.75, 3.05) is 0 Å². The van der Waals surface area contributed by atoms with E-state index in [4.69, 9.17) is 0 Å². The van der Waals surface area contributed by atoms with E-state index in [1.165, 1.54) is 0 Å². The Morgan fingerprint density at radius 3 is 1.30 bits per heavy atom. The molecule has 0 aliphatic carbocycles. The molecular formula is C12H8F6S2. The van der Waals surface area contributed by atoms with Crippen molar-refractivity contribution in [3.8, 4) is 0 Å². The Labute approximate surface area is 118 Å². The van der Waals surface area contributed by atoms with Crippen LogP contribution >= 0.6 is 22.7 Å². The maximum Gasteiger partial charge on any atom is 0.417 e. The van der Waals surface area contributed by atoms with Crippen molar-refractivity contribution in [1.29, 1.82) is 0 Å². The molecule has 0 aliphatic heterocycles. The van der Waals surface area contributed by atoms with Crippen LogP contribution in [0.25, 0.3) is 0 Å². The topological polar surface area (TPSA) is 0 Å². The van der Waals surface area contributed by atoms with E-state index >= 15 is 0 Å². The van der Waals surface area contributed by atoms with Crippen LogP contribution < -0.4 is 0 Å². The molecule has 2 rings (SSSR count). The lowest BCUT2D eigenvalue weighted by molar-refractivity contribution is -0.138. The quantitative estimate of drug-likeness (QED) is 0.640. The molecule has 110 valence electrons. The van der Waals surface area contributed by atoms with Crippen molar-refractivity contribution in [3.63, 3.8) is 0 Å². The Morgan fingerprint density at radius 1 is 0.700 bits per heavy atom. The van der Waals surface area contributed by atoms with Crippen molar-refractivity contribution in [2.45, 2.75) is 25.2 Å². The minimum absolute atomic E-state index is 0.304. The Kier molecular flexibility index (Phi) is 4.15. The molecule has 0 fully saturated rings. The highest BCUT2D eigenvalue weighted by molar-refractivity contribution is 7.10. The Balaban J connectivity index is 1.99. The van der Waals surface area contributed by atoms with E-state index in [9.17, 15) is 26.3 Å². The van der Waals surface area contributed by atoms with Gasteiger partial charge >= 0.3 is 12.4 Å². The van der Waals surface area contributed by atoms with Crippen LogP contribution in [-0.2, 0) is 25.2 Å². The zero-order valence-corrected chi connectivity index (χ0v) is 11.4. The maximum absolute atomic E-state index is 12.4. The van der Waals surface area contributed by atoms with Crippen LogP contribution in [0.2, 0.25) is 0 Å². The molecule has 0 aliphatic rings. The summed E-state index contributed by atoms with van der Waals surface area (Å²) < 4.78 is 74.3. The predicted octanol–water partition coefficient (Wildman–Crippen LogP) is 5.63. The van der Waals surface area contributed by atoms with Crippen LogP contribution in [0.3, 0.4) is 0 Å². The average Bonchev–Trinajstić information content (AvgIpc) is 2.94. The number of halogens is 6. The molecule has 0 bridgehead atoms. The van der Waals surface area contributed by atoms with Gasteiger partial charge < -0.3 is 0 Å². The van der Waals surface area contributed by atoms with E-state index in [-0.39, 0.29) is 0 Å². The van der Waals surface area contributed by atoms with Gasteiger partial charge in [-0.05, 0) is 25.0 Å². The second-order valence-corrected chi connectivity index (χ2v) is 6.09. The van der Waals surface area contributed by atoms with Gasteiger partial charge in [-0.25, -0.2) is 0 Å². The number of hydrogen-bond donors (Lipinski definition) is 0. The van der Waals surface area contributed by atoms with E-state index in [1.54, 1.807) is 0 Å². The van der Waals surface area contributed by atoms with E-state index in [1.807, 2.05) is 0 Å². The molecular weight excluding hydrogens is 322 g/mol. The fraction of sp³-hybridized carbons (Fsp3) is 0.333. The summed E-state index contributed by atoms with van der Waals surface area (Å²) in [4.78, 5) is 1.03. The molecule has 0 N–H and O–H groups in total. The molecule has 8 heteroatoms. The van der Waals surface area contributed by atoms with Crippen LogP contribution in [0.4, 0.5) is 26.3 Å². The first-order chi connectivity index (χ1) is 9.16. The fourth-order valence-electron chi connectivity index (χ4n) is 1.57. The van der Waals surface area contributed by atoms with Gasteiger partial charge in [-0.1, -0.05) is 0 Å². The summed E-state index contributed by atoms with van der Waals surface area (Å²) in [6, 6.07) is 2.09. The van der Waals surface area contributed by atoms with E-state index in [0.717, 1.165) is 45.6 Å². The Morgan fingerprint density at radius 2 is 1.05 bits per heavy atom. The maximum atomic E-state index is 12.4. The van der Waals surface area contributed by atoms with Crippen molar-refractivity contribution in [2.24, 2.45) is 0 Å². The molecule has 2 aromatic heterocycles. The summed E-state index contributed by atoms with van der Waals surface area (Å²) in [5.41, 5.74) is -1.42. The average molecular weight is 330 g/mol. The van der Waals surface area contributed by atoms with Gasteiger partial charge in [0.1, 0.15) is 0 Å². The zero-order chi connectivity index (χ0) is 15.0. The number of aryl methyl sites for hydroxylation is 2. The van der Waals surface area contributed by atoms with Crippen molar-refractivity contribution < 1.29 is 26.3 Å². The third kappa shape index (κ3) is 3.76.